The largest absolute Gasteiger partial charge is 0.352 e. The smallest absolute Gasteiger partial charge is 0.227 e. The van der Waals surface area contributed by atoms with E-state index in [1.54, 1.807) is 0 Å². The Labute approximate surface area is 154 Å². The number of rotatable bonds is 4. The molecule has 4 rings (SSSR count). The summed E-state index contributed by atoms with van der Waals surface area (Å²) in [5, 5.41) is 4.46. The number of hydrogen-bond acceptors (Lipinski definition) is 3. The van der Waals surface area contributed by atoms with Crippen LogP contribution in [-0.2, 0) is 4.79 Å². The van der Waals surface area contributed by atoms with Crippen molar-refractivity contribution < 1.29 is 9.59 Å². The molecule has 3 atom stereocenters. The first-order valence-corrected chi connectivity index (χ1v) is 9.48. The van der Waals surface area contributed by atoms with E-state index in [1.807, 2.05) is 35.2 Å². The number of piperazine rings is 1. The molecule has 1 aromatic carbocycles. The number of benzene rings is 1. The summed E-state index contributed by atoms with van der Waals surface area (Å²) in [4.78, 5) is 31.4. The van der Waals surface area contributed by atoms with Gasteiger partial charge in [-0.25, -0.2) is 0 Å². The van der Waals surface area contributed by atoms with Crippen LogP contribution < -0.4 is 5.32 Å². The maximum Gasteiger partial charge on any atom is 0.227 e. The molecule has 0 saturated carbocycles. The number of para-hydroxylation sites is 1. The van der Waals surface area contributed by atoms with Crippen LogP contribution in [0.15, 0.2) is 30.3 Å². The number of H-pyrrole nitrogens is 1. The van der Waals surface area contributed by atoms with Gasteiger partial charge in [0.1, 0.15) is 0 Å². The normalized spacial score (nSPS) is 23.6. The van der Waals surface area contributed by atoms with Crippen molar-refractivity contribution in [3.05, 3.63) is 36.0 Å². The van der Waals surface area contributed by atoms with Crippen molar-refractivity contribution in [3.8, 4) is 0 Å². The predicted molar refractivity (Wildman–Crippen MR) is 102 cm³/mol. The molecule has 5 nitrogen and oxygen atoms in total. The number of carbonyl (C=O) groups excluding carboxylic acids is 2. The number of fused-ring (bicyclic) bond motifs is 3. The van der Waals surface area contributed by atoms with Gasteiger partial charge in [-0.05, 0) is 24.0 Å². The Hall–Kier alpha value is -2.14. The Morgan fingerprint density at radius 3 is 2.65 bits per heavy atom. The number of hydrogen-bond donors (Lipinski definition) is 2. The summed E-state index contributed by atoms with van der Waals surface area (Å²) in [5.74, 6) is -0.159. The molecule has 2 saturated heterocycles. The van der Waals surface area contributed by atoms with Gasteiger partial charge in [0, 0.05) is 42.5 Å². The van der Waals surface area contributed by atoms with E-state index < -0.39 is 0 Å². The van der Waals surface area contributed by atoms with E-state index in [0.717, 1.165) is 30.4 Å². The van der Waals surface area contributed by atoms with Gasteiger partial charge in [0.2, 0.25) is 5.91 Å². The monoisotopic (exact) mass is 353 g/mol. The molecule has 0 radical (unpaired) electrons. The Morgan fingerprint density at radius 2 is 2.04 bits per heavy atom. The number of Topliss-reactive ketones (excluding diaryl/α,β-unsaturated/α-hetero) is 1. The summed E-state index contributed by atoms with van der Waals surface area (Å²) in [6.45, 7) is 7.82. The highest BCUT2D eigenvalue weighted by atomic mass is 16.2. The molecule has 0 spiro atoms. The van der Waals surface area contributed by atoms with Crippen LogP contribution in [0.3, 0.4) is 0 Å². The number of amides is 1. The first kappa shape index (κ1) is 17.3. The maximum absolute atomic E-state index is 13.3. The topological polar surface area (TPSA) is 65.2 Å². The molecule has 1 aromatic heterocycles. The van der Waals surface area contributed by atoms with Gasteiger partial charge in [0.25, 0.3) is 0 Å². The SMILES string of the molecule is CC(C)(C)[C@H](CC(=O)c1cc2ccccc2[nH]1)C(=O)N1C[C@@H]2C[C@H]1CN2. The van der Waals surface area contributed by atoms with Gasteiger partial charge < -0.3 is 15.2 Å². The van der Waals surface area contributed by atoms with Gasteiger partial charge in [0.05, 0.1) is 11.6 Å². The fraction of sp³-hybridized carbons (Fsp3) is 0.524. The molecule has 2 aromatic rings. The quantitative estimate of drug-likeness (QED) is 0.831. The van der Waals surface area contributed by atoms with Crippen molar-refractivity contribution in [1.82, 2.24) is 15.2 Å². The standard InChI is InChI=1S/C21H27N3O2/c1-21(2,3)16(20(26)24-12-14-9-15(24)11-22-14)10-19(25)18-8-13-6-4-5-7-17(13)23-18/h4-8,14-16,22-23H,9-12H2,1-3H3/t14-,15-,16+/m0/s1. The molecule has 3 heterocycles. The second-order valence-corrected chi connectivity index (χ2v) is 8.80. The zero-order valence-corrected chi connectivity index (χ0v) is 15.7. The molecule has 2 aliphatic rings. The maximum atomic E-state index is 13.3. The van der Waals surface area contributed by atoms with E-state index in [1.165, 1.54) is 0 Å². The molecule has 1 amide bonds. The van der Waals surface area contributed by atoms with Crippen molar-refractivity contribution in [1.29, 1.82) is 0 Å². The molecular formula is C21H27N3O2. The van der Waals surface area contributed by atoms with Crippen LogP contribution in [0, 0.1) is 11.3 Å². The van der Waals surface area contributed by atoms with Crippen LogP contribution in [0.1, 0.15) is 44.1 Å². The number of ketones is 1. The molecule has 2 aliphatic heterocycles. The average molecular weight is 353 g/mol. The number of aromatic amines is 1. The van der Waals surface area contributed by atoms with E-state index in [9.17, 15) is 9.59 Å². The second kappa shape index (κ2) is 6.23. The lowest BCUT2D eigenvalue weighted by Gasteiger charge is -2.36. The number of nitrogens with one attached hydrogen (secondary N) is 2. The zero-order chi connectivity index (χ0) is 18.5. The fourth-order valence-electron chi connectivity index (χ4n) is 4.31. The second-order valence-electron chi connectivity index (χ2n) is 8.80. The summed E-state index contributed by atoms with van der Waals surface area (Å²) in [5.41, 5.74) is 1.30. The molecule has 5 heteroatoms. The molecule has 2 fully saturated rings. The van der Waals surface area contributed by atoms with E-state index in [2.05, 4.69) is 31.1 Å². The Morgan fingerprint density at radius 1 is 1.27 bits per heavy atom. The summed E-state index contributed by atoms with van der Waals surface area (Å²) in [6, 6.07) is 10.5. The third-order valence-corrected chi connectivity index (χ3v) is 5.90. The molecule has 2 bridgehead atoms. The lowest BCUT2D eigenvalue weighted by molar-refractivity contribution is -0.140. The third-order valence-electron chi connectivity index (χ3n) is 5.90. The minimum absolute atomic E-state index is 0.0111. The van der Waals surface area contributed by atoms with Crippen LogP contribution in [0.4, 0.5) is 0 Å². The van der Waals surface area contributed by atoms with Gasteiger partial charge >= 0.3 is 0 Å². The predicted octanol–water partition coefficient (Wildman–Crippen LogP) is 2.98. The lowest BCUT2D eigenvalue weighted by Crippen LogP contribution is -2.50. The fourth-order valence-corrected chi connectivity index (χ4v) is 4.31. The molecule has 0 aliphatic carbocycles. The van der Waals surface area contributed by atoms with Crippen LogP contribution in [0.5, 0.6) is 0 Å². The highest BCUT2D eigenvalue weighted by Crippen LogP contribution is 2.35. The van der Waals surface area contributed by atoms with Crippen LogP contribution >= 0.6 is 0 Å². The van der Waals surface area contributed by atoms with Crippen LogP contribution in [0.25, 0.3) is 10.9 Å². The zero-order valence-electron chi connectivity index (χ0n) is 15.7. The molecular weight excluding hydrogens is 326 g/mol. The Kier molecular flexibility index (Phi) is 4.14. The van der Waals surface area contributed by atoms with Crippen molar-refractivity contribution in [2.24, 2.45) is 11.3 Å². The third kappa shape index (κ3) is 3.05. The van der Waals surface area contributed by atoms with Gasteiger partial charge in [-0.3, -0.25) is 9.59 Å². The minimum atomic E-state index is -0.305. The van der Waals surface area contributed by atoms with Crippen molar-refractivity contribution in [2.45, 2.75) is 45.7 Å². The highest BCUT2D eigenvalue weighted by Gasteiger charge is 2.45. The Balaban J connectivity index is 1.55. The van der Waals surface area contributed by atoms with Crippen molar-refractivity contribution in [2.75, 3.05) is 13.1 Å². The molecule has 2 N–H and O–H groups in total. The van der Waals surface area contributed by atoms with E-state index in [4.69, 9.17) is 0 Å². The van der Waals surface area contributed by atoms with Gasteiger partial charge in [-0.15, -0.1) is 0 Å². The number of aromatic nitrogens is 1. The number of nitrogens with zero attached hydrogens (tertiary/aromatic N) is 1. The van der Waals surface area contributed by atoms with E-state index in [-0.39, 0.29) is 29.4 Å². The summed E-state index contributed by atoms with van der Waals surface area (Å²) < 4.78 is 0. The van der Waals surface area contributed by atoms with Crippen molar-refractivity contribution >= 4 is 22.6 Å². The molecule has 138 valence electrons. The first-order chi connectivity index (χ1) is 12.3. The average Bonchev–Trinajstić information content (AvgIpc) is 3.31. The summed E-state index contributed by atoms with van der Waals surface area (Å²) in [7, 11) is 0. The molecule has 0 unspecified atom stereocenters. The molecule has 26 heavy (non-hydrogen) atoms. The van der Waals surface area contributed by atoms with Crippen LogP contribution in [0.2, 0.25) is 0 Å². The number of carbonyl (C=O) groups is 2. The van der Waals surface area contributed by atoms with E-state index in [0.29, 0.717) is 17.8 Å². The summed E-state index contributed by atoms with van der Waals surface area (Å²) >= 11 is 0. The minimum Gasteiger partial charge on any atom is -0.352 e. The lowest BCUT2D eigenvalue weighted by atomic mass is 9.76. The van der Waals surface area contributed by atoms with Crippen molar-refractivity contribution in [3.63, 3.8) is 0 Å². The highest BCUT2D eigenvalue weighted by molar-refractivity contribution is 6.01. The van der Waals surface area contributed by atoms with Crippen LogP contribution in [-0.4, -0.2) is 46.7 Å². The van der Waals surface area contributed by atoms with Gasteiger partial charge in [-0.2, -0.15) is 0 Å². The van der Waals surface area contributed by atoms with E-state index >= 15 is 0 Å². The van der Waals surface area contributed by atoms with Gasteiger partial charge in [0.15, 0.2) is 5.78 Å². The first-order valence-electron chi connectivity index (χ1n) is 9.48. The number of likely N-dealkylation sites (tertiary alicyclic amines) is 1. The summed E-state index contributed by atoms with van der Waals surface area (Å²) in [6.07, 6.45) is 1.29. The Bertz CT molecular complexity index is 815. The van der Waals surface area contributed by atoms with Gasteiger partial charge in [-0.1, -0.05) is 39.0 Å².